The number of aromatic nitrogens is 3. The molecule has 28 heavy (non-hydrogen) atoms. The van der Waals surface area contributed by atoms with Gasteiger partial charge in [0.15, 0.2) is 5.96 Å². The Kier molecular flexibility index (Phi) is 6.46. The molecular weight excluding hydrogens is 368 g/mol. The van der Waals surface area contributed by atoms with Crippen LogP contribution in [0.5, 0.6) is 0 Å². The molecule has 0 radical (unpaired) electrons. The van der Waals surface area contributed by atoms with Gasteiger partial charge in [0.25, 0.3) is 0 Å². The van der Waals surface area contributed by atoms with E-state index in [0.29, 0.717) is 13.1 Å². The summed E-state index contributed by atoms with van der Waals surface area (Å²) in [6.07, 6.45) is 0. The fraction of sp³-hybridized carbons (Fsp3) is 0.381. The lowest BCUT2D eigenvalue weighted by Gasteiger charge is -2.11. The number of hydrogen-bond donors (Lipinski definition) is 2. The van der Waals surface area contributed by atoms with Crippen LogP contribution < -0.4 is 10.6 Å². The van der Waals surface area contributed by atoms with Crippen LogP contribution >= 0.6 is 11.3 Å². The van der Waals surface area contributed by atoms with Crippen LogP contribution in [0.15, 0.2) is 35.3 Å². The number of nitrogens with one attached hydrogen (secondary N) is 2. The molecule has 0 aliphatic carbocycles. The summed E-state index contributed by atoms with van der Waals surface area (Å²) in [5.74, 6) is 0.805. The van der Waals surface area contributed by atoms with Crippen molar-refractivity contribution in [2.24, 2.45) is 12.0 Å². The minimum absolute atomic E-state index is 0.609. The highest BCUT2D eigenvalue weighted by Gasteiger charge is 2.11. The summed E-state index contributed by atoms with van der Waals surface area (Å²) in [6.45, 7) is 10.4. The second-order valence-corrected chi connectivity index (χ2v) is 7.80. The van der Waals surface area contributed by atoms with E-state index in [0.717, 1.165) is 40.2 Å². The third-order valence-electron chi connectivity index (χ3n) is 4.73. The van der Waals surface area contributed by atoms with Crippen LogP contribution in [0.3, 0.4) is 0 Å². The van der Waals surface area contributed by atoms with E-state index in [1.165, 1.54) is 10.4 Å². The van der Waals surface area contributed by atoms with Gasteiger partial charge < -0.3 is 10.6 Å². The molecule has 0 aliphatic rings. The van der Waals surface area contributed by atoms with Crippen molar-refractivity contribution in [1.29, 1.82) is 0 Å². The number of rotatable bonds is 6. The summed E-state index contributed by atoms with van der Waals surface area (Å²) in [5.41, 5.74) is 5.59. The molecule has 3 rings (SSSR count). The number of hydrogen-bond acceptors (Lipinski definition) is 4. The average Bonchev–Trinajstić information content (AvgIpc) is 3.18. The van der Waals surface area contributed by atoms with Crippen molar-refractivity contribution in [2.75, 3.05) is 6.54 Å². The van der Waals surface area contributed by atoms with E-state index < -0.39 is 0 Å². The van der Waals surface area contributed by atoms with Crippen molar-refractivity contribution < 1.29 is 0 Å². The van der Waals surface area contributed by atoms with Gasteiger partial charge in [0.2, 0.25) is 0 Å². The van der Waals surface area contributed by atoms with Crippen LogP contribution in [0.4, 0.5) is 0 Å². The van der Waals surface area contributed by atoms with Crippen LogP contribution in [-0.2, 0) is 20.1 Å². The lowest BCUT2D eigenvalue weighted by Crippen LogP contribution is -2.36. The van der Waals surface area contributed by atoms with Gasteiger partial charge in [-0.1, -0.05) is 30.3 Å². The Morgan fingerprint density at radius 3 is 2.50 bits per heavy atom. The van der Waals surface area contributed by atoms with Gasteiger partial charge in [-0.3, -0.25) is 4.68 Å². The minimum atomic E-state index is 0.609. The van der Waals surface area contributed by atoms with E-state index in [2.05, 4.69) is 48.6 Å². The molecule has 0 saturated heterocycles. The molecule has 0 aliphatic heterocycles. The van der Waals surface area contributed by atoms with Crippen molar-refractivity contribution in [2.45, 2.75) is 40.8 Å². The largest absolute Gasteiger partial charge is 0.357 e. The fourth-order valence-electron chi connectivity index (χ4n) is 3.01. The average molecular weight is 397 g/mol. The lowest BCUT2D eigenvalue weighted by atomic mass is 10.2. The van der Waals surface area contributed by atoms with Crippen molar-refractivity contribution in [1.82, 2.24) is 25.4 Å². The maximum absolute atomic E-state index is 4.75. The summed E-state index contributed by atoms with van der Waals surface area (Å²) in [4.78, 5) is 10.7. The summed E-state index contributed by atoms with van der Waals surface area (Å²) in [7, 11) is 1.97. The van der Waals surface area contributed by atoms with Gasteiger partial charge in [-0.2, -0.15) is 5.10 Å². The van der Waals surface area contributed by atoms with Crippen LogP contribution in [0.25, 0.3) is 10.6 Å². The predicted molar refractivity (Wildman–Crippen MR) is 117 cm³/mol. The smallest absolute Gasteiger partial charge is 0.191 e. The Morgan fingerprint density at radius 2 is 1.86 bits per heavy atom. The van der Waals surface area contributed by atoms with Crippen molar-refractivity contribution in [3.63, 3.8) is 0 Å². The van der Waals surface area contributed by atoms with Crippen molar-refractivity contribution in [3.8, 4) is 10.6 Å². The number of nitrogens with zero attached hydrogens (tertiary/aromatic N) is 4. The van der Waals surface area contributed by atoms with Crippen LogP contribution in [0, 0.1) is 20.8 Å². The lowest BCUT2D eigenvalue weighted by molar-refractivity contribution is 0.730. The number of benzene rings is 1. The zero-order valence-corrected chi connectivity index (χ0v) is 18.0. The van der Waals surface area contributed by atoms with Gasteiger partial charge in [0.05, 0.1) is 24.5 Å². The molecule has 148 valence electrons. The molecule has 1 aromatic carbocycles. The molecule has 0 fully saturated rings. The van der Waals surface area contributed by atoms with Gasteiger partial charge >= 0.3 is 0 Å². The Hall–Kier alpha value is -2.67. The number of thiazole rings is 1. The van der Waals surface area contributed by atoms with E-state index in [1.54, 1.807) is 11.3 Å². The number of guanidine groups is 1. The highest BCUT2D eigenvalue weighted by Crippen LogP contribution is 2.27. The molecule has 2 N–H and O–H groups in total. The van der Waals surface area contributed by atoms with E-state index in [4.69, 9.17) is 9.98 Å². The van der Waals surface area contributed by atoms with Gasteiger partial charge in [-0.15, -0.1) is 11.3 Å². The third kappa shape index (κ3) is 4.59. The first-order chi connectivity index (χ1) is 13.5. The van der Waals surface area contributed by atoms with Gasteiger partial charge in [-0.05, 0) is 27.7 Å². The fourth-order valence-corrected chi connectivity index (χ4v) is 4.01. The summed E-state index contributed by atoms with van der Waals surface area (Å²) < 4.78 is 1.91. The molecule has 6 nitrogen and oxygen atoms in total. The van der Waals surface area contributed by atoms with Gasteiger partial charge in [0, 0.05) is 35.3 Å². The number of aryl methyl sites for hydroxylation is 3. The summed E-state index contributed by atoms with van der Waals surface area (Å²) in [6, 6.07) is 10.3. The van der Waals surface area contributed by atoms with Gasteiger partial charge in [-0.25, -0.2) is 9.98 Å². The zero-order valence-electron chi connectivity index (χ0n) is 17.2. The third-order valence-corrected chi connectivity index (χ3v) is 5.93. The number of aliphatic imine (C=N–C) groups is 1. The van der Waals surface area contributed by atoms with E-state index in [9.17, 15) is 0 Å². The molecule has 2 heterocycles. The van der Waals surface area contributed by atoms with Crippen molar-refractivity contribution >= 4 is 17.3 Å². The summed E-state index contributed by atoms with van der Waals surface area (Å²) >= 11 is 1.73. The normalized spacial score (nSPS) is 11.7. The highest BCUT2D eigenvalue weighted by atomic mass is 32.1. The Bertz CT molecular complexity index is 955. The van der Waals surface area contributed by atoms with Crippen molar-refractivity contribution in [3.05, 3.63) is 57.9 Å². The highest BCUT2D eigenvalue weighted by molar-refractivity contribution is 7.15. The van der Waals surface area contributed by atoms with Crippen LogP contribution in [0.1, 0.15) is 34.4 Å². The molecule has 2 aromatic heterocycles. The Morgan fingerprint density at radius 1 is 1.11 bits per heavy atom. The molecule has 0 amide bonds. The second-order valence-electron chi connectivity index (χ2n) is 6.72. The topological polar surface area (TPSA) is 67.1 Å². The summed E-state index contributed by atoms with van der Waals surface area (Å²) in [5, 5.41) is 12.3. The first kappa shape index (κ1) is 20.1. The molecule has 7 heteroatoms. The maximum atomic E-state index is 4.75. The van der Waals surface area contributed by atoms with E-state index in [1.807, 2.05) is 36.9 Å². The van der Waals surface area contributed by atoms with E-state index >= 15 is 0 Å². The predicted octanol–water partition coefficient (Wildman–Crippen LogP) is 3.72. The molecular formula is C21H28N6S. The molecule has 0 spiro atoms. The Labute approximate surface area is 170 Å². The quantitative estimate of drug-likeness (QED) is 0.492. The molecule has 0 unspecified atom stereocenters. The molecule has 0 atom stereocenters. The zero-order chi connectivity index (χ0) is 20.1. The van der Waals surface area contributed by atoms with Gasteiger partial charge in [0.1, 0.15) is 5.01 Å². The van der Waals surface area contributed by atoms with Crippen LogP contribution in [-0.4, -0.2) is 27.3 Å². The second kappa shape index (κ2) is 9.01. The standard InChI is InChI=1S/C21H28N6S/c1-6-22-21(23-12-18-14(2)26-27(5)16(18)4)24-13-19-15(3)25-20(28-19)17-10-8-7-9-11-17/h7-11H,6,12-13H2,1-5H3,(H2,22,23,24). The Balaban J connectivity index is 1.71. The minimum Gasteiger partial charge on any atom is -0.357 e. The first-order valence-corrected chi connectivity index (χ1v) is 10.3. The van der Waals surface area contributed by atoms with Crippen LogP contribution in [0.2, 0.25) is 0 Å². The molecule has 3 aromatic rings. The molecule has 0 bridgehead atoms. The monoisotopic (exact) mass is 396 g/mol. The maximum Gasteiger partial charge on any atom is 0.191 e. The molecule has 0 saturated carbocycles. The van der Waals surface area contributed by atoms with E-state index in [-0.39, 0.29) is 0 Å². The SMILES string of the molecule is CCNC(=NCc1c(C)nn(C)c1C)NCc1sc(-c2ccccc2)nc1C. The first-order valence-electron chi connectivity index (χ1n) is 9.52.